The topological polar surface area (TPSA) is 15.3 Å². The van der Waals surface area contributed by atoms with Crippen LogP contribution < -0.4 is 5.32 Å². The van der Waals surface area contributed by atoms with Crippen LogP contribution in [0.15, 0.2) is 84.9 Å². The Labute approximate surface area is 159 Å². The molecular formula is C23H20N2S. The average molecular weight is 356 g/mol. The third-order valence-corrected chi connectivity index (χ3v) is 5.06. The van der Waals surface area contributed by atoms with Gasteiger partial charge in [-0.3, -0.25) is 0 Å². The van der Waals surface area contributed by atoms with Gasteiger partial charge < -0.3 is 10.2 Å². The van der Waals surface area contributed by atoms with Crippen LogP contribution in [0.3, 0.4) is 0 Å². The molecule has 128 valence electrons. The summed E-state index contributed by atoms with van der Waals surface area (Å²) in [6.07, 6.45) is 0. The second-order valence-electron chi connectivity index (χ2n) is 6.45. The number of nitrogens with zero attached hydrogens (tertiary/aromatic N) is 1. The minimum atomic E-state index is 0.716. The van der Waals surface area contributed by atoms with E-state index < -0.39 is 0 Å². The fourth-order valence-corrected chi connectivity index (χ4v) is 3.51. The lowest BCUT2D eigenvalue weighted by Crippen LogP contribution is -2.30. The number of nitrogens with one attached hydrogen (secondary N) is 1. The van der Waals surface area contributed by atoms with E-state index in [1.807, 2.05) is 37.4 Å². The second kappa shape index (κ2) is 7.14. The van der Waals surface area contributed by atoms with Crippen molar-refractivity contribution in [1.29, 1.82) is 0 Å². The van der Waals surface area contributed by atoms with Crippen LogP contribution in [0.25, 0.3) is 21.5 Å². The molecule has 0 aliphatic carbocycles. The molecule has 4 aromatic rings. The van der Waals surface area contributed by atoms with Crippen LogP contribution in [-0.2, 0) is 6.54 Å². The predicted octanol–water partition coefficient (Wildman–Crippen LogP) is 5.82. The lowest BCUT2D eigenvalue weighted by molar-refractivity contribution is 0.513. The smallest absolute Gasteiger partial charge is 0.173 e. The highest BCUT2D eigenvalue weighted by Crippen LogP contribution is 2.29. The normalized spacial score (nSPS) is 10.8. The first kappa shape index (κ1) is 16.6. The van der Waals surface area contributed by atoms with Gasteiger partial charge in [0.25, 0.3) is 0 Å². The van der Waals surface area contributed by atoms with Crippen molar-refractivity contribution in [3.8, 4) is 0 Å². The standard InChI is InChI=1S/C23H20N2S/c1-25(23(26)24-19-11-3-2-4-12-19)16-22-20-13-7-5-9-17(20)15-18-10-6-8-14-21(18)22/h2-15H,16H2,1H3,(H,24,26). The summed E-state index contributed by atoms with van der Waals surface area (Å²) in [4.78, 5) is 2.09. The van der Waals surface area contributed by atoms with Gasteiger partial charge >= 0.3 is 0 Å². The van der Waals surface area contributed by atoms with Crippen LogP contribution in [-0.4, -0.2) is 17.1 Å². The van der Waals surface area contributed by atoms with Crippen LogP contribution in [0, 0.1) is 0 Å². The van der Waals surface area contributed by atoms with Crippen molar-refractivity contribution in [3.63, 3.8) is 0 Å². The van der Waals surface area contributed by atoms with Gasteiger partial charge in [-0.2, -0.15) is 0 Å². The number of rotatable bonds is 3. The average Bonchev–Trinajstić information content (AvgIpc) is 2.68. The molecule has 1 N–H and O–H groups in total. The van der Waals surface area contributed by atoms with E-state index in [2.05, 4.69) is 64.8 Å². The first-order chi connectivity index (χ1) is 12.7. The molecule has 0 aliphatic rings. The first-order valence-electron chi connectivity index (χ1n) is 8.69. The fraction of sp³-hybridized carbons (Fsp3) is 0.0870. The zero-order valence-electron chi connectivity index (χ0n) is 14.6. The molecular weight excluding hydrogens is 336 g/mol. The number of hydrogen-bond donors (Lipinski definition) is 1. The van der Waals surface area contributed by atoms with Crippen molar-refractivity contribution in [3.05, 3.63) is 90.5 Å². The van der Waals surface area contributed by atoms with Gasteiger partial charge in [-0.1, -0.05) is 66.7 Å². The summed E-state index contributed by atoms with van der Waals surface area (Å²) in [5.41, 5.74) is 2.31. The maximum absolute atomic E-state index is 5.62. The summed E-state index contributed by atoms with van der Waals surface area (Å²) < 4.78 is 0. The minimum Gasteiger partial charge on any atom is -0.348 e. The van der Waals surface area contributed by atoms with E-state index in [-0.39, 0.29) is 0 Å². The van der Waals surface area contributed by atoms with Crippen molar-refractivity contribution in [2.24, 2.45) is 0 Å². The van der Waals surface area contributed by atoms with Gasteiger partial charge in [0.05, 0.1) is 0 Å². The predicted molar refractivity (Wildman–Crippen MR) is 116 cm³/mol. The summed E-state index contributed by atoms with van der Waals surface area (Å²) >= 11 is 5.62. The number of anilines is 1. The van der Waals surface area contributed by atoms with Crippen LogP contribution >= 0.6 is 12.2 Å². The molecule has 0 radical (unpaired) electrons. The summed E-state index contributed by atoms with van der Waals surface area (Å²) in [6, 6.07) is 29.4. The van der Waals surface area contributed by atoms with E-state index in [0.29, 0.717) is 5.11 Å². The Kier molecular flexibility index (Phi) is 4.55. The maximum Gasteiger partial charge on any atom is 0.173 e. The highest BCUT2D eigenvalue weighted by atomic mass is 32.1. The van der Waals surface area contributed by atoms with Gasteiger partial charge in [0.1, 0.15) is 0 Å². The Morgan fingerprint density at radius 1 is 0.808 bits per heavy atom. The molecule has 26 heavy (non-hydrogen) atoms. The molecule has 4 rings (SSSR count). The number of thiocarbonyl (C=S) groups is 1. The van der Waals surface area contributed by atoms with Gasteiger partial charge in [-0.25, -0.2) is 0 Å². The van der Waals surface area contributed by atoms with Crippen molar-refractivity contribution >= 4 is 44.6 Å². The molecule has 0 aliphatic heterocycles. The summed E-state index contributed by atoms with van der Waals surface area (Å²) in [5, 5.41) is 9.11. The quantitative estimate of drug-likeness (QED) is 0.368. The monoisotopic (exact) mass is 356 g/mol. The van der Waals surface area contributed by atoms with Crippen LogP contribution in [0.5, 0.6) is 0 Å². The lowest BCUT2D eigenvalue weighted by Gasteiger charge is -2.23. The largest absolute Gasteiger partial charge is 0.348 e. The van der Waals surface area contributed by atoms with E-state index in [9.17, 15) is 0 Å². The van der Waals surface area contributed by atoms with Crippen molar-refractivity contribution < 1.29 is 0 Å². The molecule has 3 heteroatoms. The van der Waals surface area contributed by atoms with Crippen molar-refractivity contribution in [1.82, 2.24) is 4.90 Å². The molecule has 0 spiro atoms. The fourth-order valence-electron chi connectivity index (χ4n) is 3.33. The SMILES string of the molecule is CN(Cc1c2ccccc2cc2ccccc12)C(=S)Nc1ccccc1. The van der Waals surface area contributed by atoms with Crippen LogP contribution in [0.2, 0.25) is 0 Å². The number of hydrogen-bond acceptors (Lipinski definition) is 1. The van der Waals surface area contributed by atoms with Crippen molar-refractivity contribution in [2.75, 3.05) is 12.4 Å². The zero-order valence-corrected chi connectivity index (χ0v) is 15.5. The summed E-state index contributed by atoms with van der Waals surface area (Å²) in [6.45, 7) is 0.751. The molecule has 0 saturated heterocycles. The number of benzene rings is 4. The van der Waals surface area contributed by atoms with Gasteiger partial charge in [-0.15, -0.1) is 0 Å². The van der Waals surface area contributed by atoms with Crippen LogP contribution in [0.1, 0.15) is 5.56 Å². The number of para-hydroxylation sites is 1. The Morgan fingerprint density at radius 2 is 1.35 bits per heavy atom. The molecule has 2 nitrogen and oxygen atoms in total. The minimum absolute atomic E-state index is 0.716. The van der Waals surface area contributed by atoms with E-state index >= 15 is 0 Å². The molecule has 0 unspecified atom stereocenters. The Balaban J connectivity index is 1.70. The Bertz CT molecular complexity index is 1020. The van der Waals surface area contributed by atoms with Gasteiger partial charge in [0.2, 0.25) is 0 Å². The first-order valence-corrected chi connectivity index (χ1v) is 9.10. The highest BCUT2D eigenvalue weighted by Gasteiger charge is 2.12. The van der Waals surface area contributed by atoms with E-state index in [1.165, 1.54) is 27.1 Å². The van der Waals surface area contributed by atoms with E-state index in [4.69, 9.17) is 12.2 Å². The molecule has 0 aromatic heterocycles. The molecule has 0 heterocycles. The Hall–Kier alpha value is -2.91. The number of fused-ring (bicyclic) bond motifs is 2. The van der Waals surface area contributed by atoms with Crippen molar-refractivity contribution in [2.45, 2.75) is 6.54 Å². The van der Waals surface area contributed by atoms with Gasteiger partial charge in [0, 0.05) is 19.3 Å². The Morgan fingerprint density at radius 3 is 1.96 bits per heavy atom. The molecule has 0 fully saturated rings. The molecule has 4 aromatic carbocycles. The van der Waals surface area contributed by atoms with Crippen LogP contribution in [0.4, 0.5) is 5.69 Å². The third-order valence-electron chi connectivity index (χ3n) is 4.65. The maximum atomic E-state index is 5.62. The molecule has 0 amide bonds. The molecule has 0 atom stereocenters. The van der Waals surface area contributed by atoms with E-state index in [0.717, 1.165) is 12.2 Å². The highest BCUT2D eigenvalue weighted by molar-refractivity contribution is 7.80. The second-order valence-corrected chi connectivity index (χ2v) is 6.84. The van der Waals surface area contributed by atoms with Gasteiger partial charge in [-0.05, 0) is 57.5 Å². The van der Waals surface area contributed by atoms with Gasteiger partial charge in [0.15, 0.2) is 5.11 Å². The molecule has 0 saturated carbocycles. The molecule has 0 bridgehead atoms. The summed E-state index contributed by atoms with van der Waals surface area (Å²) in [7, 11) is 2.04. The zero-order chi connectivity index (χ0) is 17.9. The summed E-state index contributed by atoms with van der Waals surface area (Å²) in [5.74, 6) is 0. The lowest BCUT2D eigenvalue weighted by atomic mass is 9.96. The third kappa shape index (κ3) is 3.26. The van der Waals surface area contributed by atoms with E-state index in [1.54, 1.807) is 0 Å².